The maximum atomic E-state index is 14.1. The quantitative estimate of drug-likeness (QED) is 0.709. The number of hydrogen-bond donors (Lipinski definition) is 3. The summed E-state index contributed by atoms with van der Waals surface area (Å²) >= 11 is 0. The Balaban J connectivity index is 1.58. The highest BCUT2D eigenvalue weighted by Crippen LogP contribution is 2.19. The van der Waals surface area contributed by atoms with Crippen molar-refractivity contribution in [3.05, 3.63) is 47.9 Å². The number of methoxy groups -OCH3 is 1. The zero-order valence-electron chi connectivity index (χ0n) is 15.9. The van der Waals surface area contributed by atoms with E-state index >= 15 is 0 Å². The molecule has 154 valence electrons. The van der Waals surface area contributed by atoms with E-state index in [1.165, 1.54) is 24.3 Å². The van der Waals surface area contributed by atoms with Crippen molar-refractivity contribution in [3.8, 4) is 5.88 Å². The van der Waals surface area contributed by atoms with E-state index in [9.17, 15) is 14.0 Å². The number of anilines is 2. The number of amides is 3. The normalized spacial score (nSPS) is 14.3. The molecule has 2 heterocycles. The van der Waals surface area contributed by atoms with Crippen LogP contribution in [0.3, 0.4) is 0 Å². The molecule has 0 radical (unpaired) electrons. The Hall–Kier alpha value is -3.40. The maximum absolute atomic E-state index is 14.1. The molecule has 0 aliphatic carbocycles. The van der Waals surface area contributed by atoms with Crippen molar-refractivity contribution in [3.63, 3.8) is 0 Å². The van der Waals surface area contributed by atoms with E-state index in [0.717, 1.165) is 5.56 Å². The van der Waals surface area contributed by atoms with Crippen molar-refractivity contribution in [2.75, 3.05) is 43.9 Å². The maximum Gasteiger partial charge on any atom is 0.407 e. The molecule has 0 saturated carbocycles. The Bertz CT molecular complexity index is 869. The van der Waals surface area contributed by atoms with E-state index < -0.39 is 17.9 Å². The van der Waals surface area contributed by atoms with Gasteiger partial charge in [0.1, 0.15) is 5.82 Å². The van der Waals surface area contributed by atoms with Crippen molar-refractivity contribution in [1.29, 1.82) is 0 Å². The minimum atomic E-state index is -0.920. The standard InChI is InChI=1S/C19H22FN5O4/c1-29-17-5-3-14(11-21-17)22-18(26)23-16-10-13(2-4-15(16)20)12-24-6-8-25(9-7-24)19(27)28/h2-5,10-11H,6-9,12H2,1H3,(H,27,28)(H2,22,23,26). The van der Waals surface area contributed by atoms with Crippen molar-refractivity contribution < 1.29 is 23.8 Å². The van der Waals surface area contributed by atoms with Crippen LogP contribution in [0.5, 0.6) is 5.88 Å². The lowest BCUT2D eigenvalue weighted by molar-refractivity contribution is 0.103. The Morgan fingerprint density at radius 3 is 2.55 bits per heavy atom. The zero-order chi connectivity index (χ0) is 20.8. The first-order valence-electron chi connectivity index (χ1n) is 9.01. The molecule has 3 rings (SSSR count). The Kier molecular flexibility index (Phi) is 6.45. The van der Waals surface area contributed by atoms with E-state index in [-0.39, 0.29) is 5.69 Å². The average Bonchev–Trinajstić information content (AvgIpc) is 2.71. The molecule has 10 heteroatoms. The lowest BCUT2D eigenvalue weighted by Gasteiger charge is -2.33. The van der Waals surface area contributed by atoms with Gasteiger partial charge in [-0.15, -0.1) is 0 Å². The van der Waals surface area contributed by atoms with Crippen LogP contribution in [0.4, 0.5) is 25.4 Å². The molecule has 0 atom stereocenters. The number of pyridine rings is 1. The fraction of sp³-hybridized carbons (Fsp3) is 0.316. The van der Waals surface area contributed by atoms with Crippen LogP contribution >= 0.6 is 0 Å². The van der Waals surface area contributed by atoms with Gasteiger partial charge in [0.2, 0.25) is 5.88 Å². The minimum Gasteiger partial charge on any atom is -0.481 e. The van der Waals surface area contributed by atoms with Crippen molar-refractivity contribution in [1.82, 2.24) is 14.8 Å². The third-order valence-corrected chi connectivity index (χ3v) is 4.53. The van der Waals surface area contributed by atoms with Crippen LogP contribution in [0.15, 0.2) is 36.5 Å². The summed E-state index contributed by atoms with van der Waals surface area (Å²) in [6, 6.07) is 7.15. The second-order valence-electron chi connectivity index (χ2n) is 6.53. The van der Waals surface area contributed by atoms with Crippen LogP contribution in [-0.2, 0) is 6.54 Å². The van der Waals surface area contributed by atoms with Gasteiger partial charge in [0, 0.05) is 38.8 Å². The number of carboxylic acid groups (broad SMARTS) is 1. The summed E-state index contributed by atoms with van der Waals surface area (Å²) in [4.78, 5) is 30.6. The number of ether oxygens (including phenoxy) is 1. The first-order valence-corrected chi connectivity index (χ1v) is 9.01. The van der Waals surface area contributed by atoms with Gasteiger partial charge in [-0.05, 0) is 23.8 Å². The summed E-state index contributed by atoms with van der Waals surface area (Å²) in [5.41, 5.74) is 1.32. The molecule has 2 aromatic rings. The smallest absolute Gasteiger partial charge is 0.407 e. The third-order valence-electron chi connectivity index (χ3n) is 4.53. The minimum absolute atomic E-state index is 0.0608. The lowest BCUT2D eigenvalue weighted by Crippen LogP contribution is -2.47. The second kappa shape index (κ2) is 9.20. The third kappa shape index (κ3) is 5.55. The molecule has 29 heavy (non-hydrogen) atoms. The van der Waals surface area contributed by atoms with E-state index in [1.807, 2.05) is 0 Å². The lowest BCUT2D eigenvalue weighted by atomic mass is 10.1. The molecule has 1 aliphatic heterocycles. The number of benzene rings is 1. The monoisotopic (exact) mass is 403 g/mol. The number of piperazine rings is 1. The topological polar surface area (TPSA) is 107 Å². The largest absolute Gasteiger partial charge is 0.481 e. The number of carbonyl (C=O) groups excluding carboxylic acids is 1. The van der Waals surface area contributed by atoms with Gasteiger partial charge in [-0.25, -0.2) is 19.0 Å². The number of nitrogens with zero attached hydrogens (tertiary/aromatic N) is 3. The van der Waals surface area contributed by atoms with Crippen LogP contribution in [-0.4, -0.2) is 65.3 Å². The van der Waals surface area contributed by atoms with Gasteiger partial charge in [-0.2, -0.15) is 0 Å². The highest BCUT2D eigenvalue weighted by molar-refractivity contribution is 5.99. The van der Waals surface area contributed by atoms with Gasteiger partial charge >= 0.3 is 12.1 Å². The SMILES string of the molecule is COc1ccc(NC(=O)Nc2cc(CN3CCN(C(=O)O)CC3)ccc2F)cn1. The Morgan fingerprint density at radius 1 is 1.17 bits per heavy atom. The number of nitrogens with one attached hydrogen (secondary N) is 2. The molecule has 1 aromatic heterocycles. The summed E-state index contributed by atoms with van der Waals surface area (Å²) in [7, 11) is 1.49. The number of hydrogen-bond acceptors (Lipinski definition) is 5. The highest BCUT2D eigenvalue weighted by atomic mass is 19.1. The van der Waals surface area contributed by atoms with Crippen LogP contribution in [0, 0.1) is 5.82 Å². The molecule has 0 bridgehead atoms. The van der Waals surface area contributed by atoms with Gasteiger partial charge in [0.25, 0.3) is 0 Å². The molecule has 3 N–H and O–H groups in total. The summed E-state index contributed by atoms with van der Waals surface area (Å²) in [5, 5.41) is 14.1. The average molecular weight is 403 g/mol. The van der Waals surface area contributed by atoms with Crippen LogP contribution < -0.4 is 15.4 Å². The highest BCUT2D eigenvalue weighted by Gasteiger charge is 2.20. The van der Waals surface area contributed by atoms with E-state index in [1.54, 1.807) is 24.3 Å². The van der Waals surface area contributed by atoms with Crippen molar-refractivity contribution in [2.24, 2.45) is 0 Å². The fourth-order valence-corrected chi connectivity index (χ4v) is 2.98. The molecular weight excluding hydrogens is 381 g/mol. The van der Waals surface area contributed by atoms with Crippen molar-refractivity contribution >= 4 is 23.5 Å². The second-order valence-corrected chi connectivity index (χ2v) is 6.53. The van der Waals surface area contributed by atoms with Gasteiger partial charge in [-0.3, -0.25) is 4.90 Å². The first kappa shape index (κ1) is 20.3. The summed E-state index contributed by atoms with van der Waals surface area (Å²) in [5.74, 6) is -0.133. The molecule has 3 amide bonds. The van der Waals surface area contributed by atoms with E-state index in [2.05, 4.69) is 20.5 Å². The zero-order valence-corrected chi connectivity index (χ0v) is 15.9. The van der Waals surface area contributed by atoms with Crippen LogP contribution in [0.2, 0.25) is 0 Å². The number of halogens is 1. The van der Waals surface area contributed by atoms with Crippen LogP contribution in [0.1, 0.15) is 5.56 Å². The molecule has 0 spiro atoms. The predicted molar refractivity (Wildman–Crippen MR) is 105 cm³/mol. The molecule has 9 nitrogen and oxygen atoms in total. The molecule has 1 aliphatic rings. The Morgan fingerprint density at radius 2 is 1.93 bits per heavy atom. The van der Waals surface area contributed by atoms with Crippen LogP contribution in [0.25, 0.3) is 0 Å². The number of aromatic nitrogens is 1. The molecule has 1 fully saturated rings. The summed E-state index contributed by atoms with van der Waals surface area (Å²) in [6.07, 6.45) is 0.512. The van der Waals surface area contributed by atoms with E-state index in [0.29, 0.717) is 44.3 Å². The van der Waals surface area contributed by atoms with Gasteiger partial charge in [0.15, 0.2) is 0 Å². The molecular formula is C19H22FN5O4. The number of urea groups is 1. The first-order chi connectivity index (χ1) is 13.9. The van der Waals surface area contributed by atoms with Gasteiger partial charge < -0.3 is 25.4 Å². The van der Waals surface area contributed by atoms with Gasteiger partial charge in [0.05, 0.1) is 24.7 Å². The molecule has 1 saturated heterocycles. The van der Waals surface area contributed by atoms with E-state index in [4.69, 9.17) is 9.84 Å². The number of rotatable bonds is 5. The summed E-state index contributed by atoms with van der Waals surface area (Å²) in [6.45, 7) is 2.58. The summed E-state index contributed by atoms with van der Waals surface area (Å²) < 4.78 is 19.1. The molecule has 0 unspecified atom stereocenters. The van der Waals surface area contributed by atoms with Crippen molar-refractivity contribution in [2.45, 2.75) is 6.54 Å². The predicted octanol–water partition coefficient (Wildman–Crippen LogP) is 2.67. The Labute approximate surface area is 167 Å². The molecule has 1 aromatic carbocycles. The van der Waals surface area contributed by atoms with Gasteiger partial charge in [-0.1, -0.05) is 6.07 Å². The fourth-order valence-electron chi connectivity index (χ4n) is 2.98. The number of carbonyl (C=O) groups is 2.